The highest BCUT2D eigenvalue weighted by Gasteiger charge is 2.11. The van der Waals surface area contributed by atoms with Crippen molar-refractivity contribution >= 4 is 23.5 Å². The van der Waals surface area contributed by atoms with E-state index in [2.05, 4.69) is 26.2 Å². The number of ether oxygens (including phenoxy) is 1. The molecule has 0 spiro atoms. The van der Waals surface area contributed by atoms with Gasteiger partial charge in [-0.05, 0) is 41.5 Å². The van der Waals surface area contributed by atoms with Crippen LogP contribution >= 0.6 is 0 Å². The van der Waals surface area contributed by atoms with Gasteiger partial charge in [0.15, 0.2) is 6.61 Å². The molecule has 1 aromatic carbocycles. The monoisotopic (exact) mass is 346 g/mol. The molecule has 2 amide bonds. The van der Waals surface area contributed by atoms with E-state index in [1.165, 1.54) is 6.33 Å². The first-order valence-electron chi connectivity index (χ1n) is 7.45. The van der Waals surface area contributed by atoms with E-state index in [9.17, 15) is 14.4 Å². The van der Waals surface area contributed by atoms with Crippen LogP contribution in [0.15, 0.2) is 24.5 Å². The lowest BCUT2D eigenvalue weighted by molar-refractivity contribution is -0.149. The molecule has 2 aromatic rings. The summed E-state index contributed by atoms with van der Waals surface area (Å²) in [7, 11) is 0. The quantitative estimate of drug-likeness (QED) is 0.652. The first-order chi connectivity index (χ1) is 12.0. The standard InChI is InChI=1S/C15H18N6O4/c1-10-4-3-5-12(11(10)2)18-13(22)6-16-14(23)8-25-15(24)7-21-9-17-19-20-21/h3-5,9H,6-8H2,1-2H3,(H,16,23)(H,18,22). The number of aryl methyl sites for hydroxylation is 1. The van der Waals surface area contributed by atoms with Crippen LogP contribution in [0.3, 0.4) is 0 Å². The third-order valence-corrected chi connectivity index (χ3v) is 3.37. The van der Waals surface area contributed by atoms with Crippen molar-refractivity contribution in [3.8, 4) is 0 Å². The number of carbonyl (C=O) groups is 3. The molecular formula is C15H18N6O4. The highest BCUT2D eigenvalue weighted by molar-refractivity contribution is 5.95. The number of hydrogen-bond acceptors (Lipinski definition) is 7. The third-order valence-electron chi connectivity index (χ3n) is 3.37. The molecular weight excluding hydrogens is 328 g/mol. The van der Waals surface area contributed by atoms with Gasteiger partial charge in [0, 0.05) is 5.69 Å². The Morgan fingerprint density at radius 1 is 1.20 bits per heavy atom. The summed E-state index contributed by atoms with van der Waals surface area (Å²) in [6.45, 7) is 2.92. The van der Waals surface area contributed by atoms with Gasteiger partial charge in [-0.25, -0.2) is 4.68 Å². The number of tetrazole rings is 1. The Morgan fingerprint density at radius 2 is 2.00 bits per heavy atom. The maximum atomic E-state index is 11.9. The Hall–Kier alpha value is -3.30. The minimum Gasteiger partial charge on any atom is -0.454 e. The fourth-order valence-electron chi connectivity index (χ4n) is 1.89. The van der Waals surface area contributed by atoms with E-state index in [0.717, 1.165) is 15.8 Å². The lowest BCUT2D eigenvalue weighted by Crippen LogP contribution is -2.36. The highest BCUT2D eigenvalue weighted by atomic mass is 16.5. The molecule has 0 bridgehead atoms. The fourth-order valence-corrected chi connectivity index (χ4v) is 1.89. The number of hydrogen-bond donors (Lipinski definition) is 2. The largest absolute Gasteiger partial charge is 0.454 e. The van der Waals surface area contributed by atoms with E-state index in [1.807, 2.05) is 26.0 Å². The molecule has 25 heavy (non-hydrogen) atoms. The third kappa shape index (κ3) is 5.68. The van der Waals surface area contributed by atoms with Crippen LogP contribution in [-0.2, 0) is 25.7 Å². The van der Waals surface area contributed by atoms with Gasteiger partial charge in [0.05, 0.1) is 6.54 Å². The van der Waals surface area contributed by atoms with Gasteiger partial charge in [-0.3, -0.25) is 14.4 Å². The second-order valence-corrected chi connectivity index (χ2v) is 5.24. The molecule has 2 N–H and O–H groups in total. The zero-order valence-electron chi connectivity index (χ0n) is 13.9. The molecule has 132 valence electrons. The number of benzene rings is 1. The van der Waals surface area contributed by atoms with Gasteiger partial charge in [-0.15, -0.1) is 5.10 Å². The molecule has 0 aliphatic rings. The minimum absolute atomic E-state index is 0.201. The van der Waals surface area contributed by atoms with Crippen molar-refractivity contribution in [1.82, 2.24) is 25.5 Å². The Bertz CT molecular complexity index is 759. The van der Waals surface area contributed by atoms with Crippen molar-refractivity contribution in [3.05, 3.63) is 35.7 Å². The SMILES string of the molecule is Cc1cccc(NC(=O)CNC(=O)COC(=O)Cn2cnnn2)c1C. The second-order valence-electron chi connectivity index (χ2n) is 5.24. The molecule has 10 heteroatoms. The number of esters is 1. The molecule has 10 nitrogen and oxygen atoms in total. The minimum atomic E-state index is -0.665. The lowest BCUT2D eigenvalue weighted by Gasteiger charge is -2.11. The first kappa shape index (κ1) is 18.0. The van der Waals surface area contributed by atoms with Crippen molar-refractivity contribution in [2.24, 2.45) is 0 Å². The normalized spacial score (nSPS) is 10.2. The number of carbonyl (C=O) groups excluding carboxylic acids is 3. The zero-order chi connectivity index (χ0) is 18.2. The number of rotatable bonds is 7. The van der Waals surface area contributed by atoms with Crippen LogP contribution in [0, 0.1) is 13.8 Å². The number of nitrogens with one attached hydrogen (secondary N) is 2. The summed E-state index contributed by atoms with van der Waals surface area (Å²) in [6, 6.07) is 5.56. The molecule has 0 saturated carbocycles. The average Bonchev–Trinajstić information content (AvgIpc) is 3.08. The van der Waals surface area contributed by atoms with Crippen LogP contribution in [0.25, 0.3) is 0 Å². The van der Waals surface area contributed by atoms with Gasteiger partial charge < -0.3 is 15.4 Å². The summed E-state index contributed by atoms with van der Waals surface area (Å²) in [5, 5.41) is 15.3. The van der Waals surface area contributed by atoms with E-state index >= 15 is 0 Å². The smallest absolute Gasteiger partial charge is 0.328 e. The van der Waals surface area contributed by atoms with E-state index < -0.39 is 18.5 Å². The van der Waals surface area contributed by atoms with Crippen molar-refractivity contribution < 1.29 is 19.1 Å². The predicted octanol–water partition coefficient (Wildman–Crippen LogP) is -0.412. The van der Waals surface area contributed by atoms with E-state index in [0.29, 0.717) is 5.69 Å². The second kappa shape index (κ2) is 8.52. The summed E-state index contributed by atoms with van der Waals surface area (Å²) in [4.78, 5) is 34.9. The summed E-state index contributed by atoms with van der Waals surface area (Å²) in [6.07, 6.45) is 1.25. The Balaban J connectivity index is 1.69. The Kier molecular flexibility index (Phi) is 6.15. The van der Waals surface area contributed by atoms with Gasteiger partial charge in [0.1, 0.15) is 12.9 Å². The molecule has 1 aromatic heterocycles. The van der Waals surface area contributed by atoms with Gasteiger partial charge in [-0.2, -0.15) is 0 Å². The van der Waals surface area contributed by atoms with E-state index in [4.69, 9.17) is 4.74 Å². The van der Waals surface area contributed by atoms with Crippen molar-refractivity contribution in [3.63, 3.8) is 0 Å². The van der Waals surface area contributed by atoms with Crippen molar-refractivity contribution in [2.45, 2.75) is 20.4 Å². The number of anilines is 1. The molecule has 0 aliphatic carbocycles. The summed E-state index contributed by atoms with van der Waals surface area (Å²) in [5.74, 6) is -1.62. The molecule has 0 atom stereocenters. The maximum absolute atomic E-state index is 11.9. The molecule has 0 fully saturated rings. The number of nitrogens with zero attached hydrogens (tertiary/aromatic N) is 4. The zero-order valence-corrected chi connectivity index (χ0v) is 13.9. The molecule has 0 aliphatic heterocycles. The van der Waals surface area contributed by atoms with Crippen LogP contribution < -0.4 is 10.6 Å². The van der Waals surface area contributed by atoms with Crippen LogP contribution in [0.2, 0.25) is 0 Å². The lowest BCUT2D eigenvalue weighted by atomic mass is 10.1. The van der Waals surface area contributed by atoms with Crippen LogP contribution in [0.1, 0.15) is 11.1 Å². The molecule has 1 heterocycles. The molecule has 0 radical (unpaired) electrons. The van der Waals surface area contributed by atoms with E-state index in [-0.39, 0.29) is 19.0 Å². The average molecular weight is 346 g/mol. The summed E-state index contributed by atoms with van der Waals surface area (Å²) in [5.41, 5.74) is 2.70. The summed E-state index contributed by atoms with van der Waals surface area (Å²) < 4.78 is 5.93. The Labute approximate surface area is 143 Å². The van der Waals surface area contributed by atoms with Crippen LogP contribution in [0.5, 0.6) is 0 Å². The van der Waals surface area contributed by atoms with Gasteiger partial charge >= 0.3 is 5.97 Å². The van der Waals surface area contributed by atoms with Gasteiger partial charge in [-0.1, -0.05) is 12.1 Å². The van der Waals surface area contributed by atoms with Crippen molar-refractivity contribution in [1.29, 1.82) is 0 Å². The van der Waals surface area contributed by atoms with Crippen molar-refractivity contribution in [2.75, 3.05) is 18.5 Å². The van der Waals surface area contributed by atoms with Gasteiger partial charge in [0.25, 0.3) is 5.91 Å². The predicted molar refractivity (Wildman–Crippen MR) is 86.3 cm³/mol. The topological polar surface area (TPSA) is 128 Å². The van der Waals surface area contributed by atoms with Crippen LogP contribution in [-0.4, -0.2) is 51.1 Å². The number of amides is 2. The first-order valence-corrected chi connectivity index (χ1v) is 7.45. The molecule has 0 saturated heterocycles. The highest BCUT2D eigenvalue weighted by Crippen LogP contribution is 2.17. The van der Waals surface area contributed by atoms with Gasteiger partial charge in [0.2, 0.25) is 5.91 Å². The maximum Gasteiger partial charge on any atom is 0.328 e. The summed E-state index contributed by atoms with van der Waals surface area (Å²) >= 11 is 0. The van der Waals surface area contributed by atoms with E-state index in [1.54, 1.807) is 6.07 Å². The molecule has 2 rings (SSSR count). The fraction of sp³-hybridized carbons (Fsp3) is 0.333. The number of aromatic nitrogens is 4. The molecule has 0 unspecified atom stereocenters. The van der Waals surface area contributed by atoms with Crippen LogP contribution in [0.4, 0.5) is 5.69 Å². The Morgan fingerprint density at radius 3 is 2.72 bits per heavy atom.